The summed E-state index contributed by atoms with van der Waals surface area (Å²) in [6.07, 6.45) is 1.99. The molecule has 3 nitrogen and oxygen atoms in total. The van der Waals surface area contributed by atoms with Gasteiger partial charge in [-0.05, 0) is 50.9 Å². The molecule has 1 rings (SSSR count). The van der Waals surface area contributed by atoms with E-state index in [1.165, 1.54) is 13.2 Å². The highest BCUT2D eigenvalue weighted by Crippen LogP contribution is 2.17. The second-order valence-electron chi connectivity index (χ2n) is 5.24. The zero-order valence-electron chi connectivity index (χ0n) is 11.4. The molecule has 0 atom stereocenters. The molecule has 0 fully saturated rings. The Bertz CT molecular complexity index is 375. The van der Waals surface area contributed by atoms with Gasteiger partial charge in [0.1, 0.15) is 0 Å². The van der Waals surface area contributed by atoms with Crippen LogP contribution in [0.2, 0.25) is 0 Å². The Morgan fingerprint density at radius 1 is 1.39 bits per heavy atom. The van der Waals surface area contributed by atoms with Crippen LogP contribution in [-0.2, 0) is 6.54 Å². The van der Waals surface area contributed by atoms with Gasteiger partial charge in [0.05, 0.1) is 7.11 Å². The fourth-order valence-corrected chi connectivity index (χ4v) is 1.72. The molecule has 4 heteroatoms. The van der Waals surface area contributed by atoms with Gasteiger partial charge in [-0.3, -0.25) is 0 Å². The third-order valence-electron chi connectivity index (χ3n) is 2.72. The molecule has 0 aromatic heterocycles. The zero-order chi connectivity index (χ0) is 13.6. The van der Waals surface area contributed by atoms with E-state index < -0.39 is 0 Å². The monoisotopic (exact) mass is 254 g/mol. The molecule has 0 radical (unpaired) electrons. The molecule has 102 valence electrons. The Kier molecular flexibility index (Phi) is 5.56. The Morgan fingerprint density at radius 2 is 2.11 bits per heavy atom. The van der Waals surface area contributed by atoms with Gasteiger partial charge in [0.2, 0.25) is 0 Å². The van der Waals surface area contributed by atoms with Gasteiger partial charge in [-0.2, -0.15) is 0 Å². The van der Waals surface area contributed by atoms with E-state index in [0.717, 1.165) is 24.9 Å². The first-order valence-corrected chi connectivity index (χ1v) is 6.24. The molecule has 0 saturated carbocycles. The van der Waals surface area contributed by atoms with Gasteiger partial charge < -0.3 is 15.8 Å². The van der Waals surface area contributed by atoms with Crippen molar-refractivity contribution in [3.8, 4) is 5.75 Å². The van der Waals surface area contributed by atoms with Gasteiger partial charge in [-0.25, -0.2) is 4.39 Å². The third-order valence-corrected chi connectivity index (χ3v) is 2.72. The maximum atomic E-state index is 13.4. The molecule has 0 saturated heterocycles. The number of hydrogen-bond acceptors (Lipinski definition) is 3. The van der Waals surface area contributed by atoms with Crippen LogP contribution in [0.15, 0.2) is 18.2 Å². The van der Waals surface area contributed by atoms with E-state index in [-0.39, 0.29) is 17.1 Å². The summed E-state index contributed by atoms with van der Waals surface area (Å²) in [5.41, 5.74) is 6.69. The summed E-state index contributed by atoms with van der Waals surface area (Å²) >= 11 is 0. The molecule has 0 heterocycles. The van der Waals surface area contributed by atoms with E-state index in [0.29, 0.717) is 6.54 Å². The fourth-order valence-electron chi connectivity index (χ4n) is 1.72. The van der Waals surface area contributed by atoms with Crippen LogP contribution in [0.1, 0.15) is 32.3 Å². The predicted octanol–water partition coefficient (Wildman–Crippen LogP) is 2.44. The van der Waals surface area contributed by atoms with Crippen LogP contribution in [-0.4, -0.2) is 19.2 Å². The van der Waals surface area contributed by atoms with Gasteiger partial charge in [-0.1, -0.05) is 6.07 Å². The lowest BCUT2D eigenvalue weighted by Crippen LogP contribution is -2.32. The van der Waals surface area contributed by atoms with Crippen molar-refractivity contribution in [1.82, 2.24) is 5.32 Å². The van der Waals surface area contributed by atoms with Gasteiger partial charge >= 0.3 is 0 Å². The number of benzene rings is 1. The summed E-state index contributed by atoms with van der Waals surface area (Å²) in [6.45, 7) is 5.58. The van der Waals surface area contributed by atoms with Crippen LogP contribution in [0, 0.1) is 5.82 Å². The maximum Gasteiger partial charge on any atom is 0.165 e. The number of halogens is 1. The average Bonchev–Trinajstić information content (AvgIpc) is 2.27. The molecule has 1 aromatic carbocycles. The van der Waals surface area contributed by atoms with Crippen LogP contribution >= 0.6 is 0 Å². The number of hydrogen-bond donors (Lipinski definition) is 2. The van der Waals surface area contributed by atoms with Crippen molar-refractivity contribution in [2.45, 2.75) is 38.8 Å². The molecule has 0 unspecified atom stereocenters. The predicted molar refractivity (Wildman–Crippen MR) is 72.2 cm³/mol. The highest BCUT2D eigenvalue weighted by molar-refractivity contribution is 5.29. The lowest BCUT2D eigenvalue weighted by atomic mass is 10.0. The third kappa shape index (κ3) is 5.47. The van der Waals surface area contributed by atoms with E-state index >= 15 is 0 Å². The first-order chi connectivity index (χ1) is 8.42. The van der Waals surface area contributed by atoms with Crippen molar-refractivity contribution >= 4 is 0 Å². The van der Waals surface area contributed by atoms with Crippen molar-refractivity contribution in [1.29, 1.82) is 0 Å². The molecule has 0 aliphatic heterocycles. The molecule has 0 amide bonds. The molecule has 0 spiro atoms. The molecule has 3 N–H and O–H groups in total. The minimum atomic E-state index is -0.320. The SMILES string of the molecule is COc1ccc(CNCCCC(C)(C)N)cc1F. The Labute approximate surface area is 109 Å². The maximum absolute atomic E-state index is 13.4. The van der Waals surface area contributed by atoms with Crippen molar-refractivity contribution in [2.75, 3.05) is 13.7 Å². The number of ether oxygens (including phenoxy) is 1. The summed E-state index contributed by atoms with van der Waals surface area (Å²) in [5.74, 6) is -0.0384. The van der Waals surface area contributed by atoms with Crippen LogP contribution < -0.4 is 15.8 Å². The molecular formula is C14H23FN2O. The average molecular weight is 254 g/mol. The molecule has 0 aliphatic carbocycles. The molecular weight excluding hydrogens is 231 g/mol. The summed E-state index contributed by atoms with van der Waals surface area (Å²) < 4.78 is 18.3. The topological polar surface area (TPSA) is 47.3 Å². The molecule has 0 aliphatic rings. The minimum absolute atomic E-state index is 0.117. The smallest absolute Gasteiger partial charge is 0.165 e. The van der Waals surface area contributed by atoms with Gasteiger partial charge in [0.25, 0.3) is 0 Å². The van der Waals surface area contributed by atoms with Crippen LogP contribution in [0.5, 0.6) is 5.75 Å². The molecule has 1 aromatic rings. The zero-order valence-corrected chi connectivity index (χ0v) is 11.4. The van der Waals surface area contributed by atoms with Crippen LogP contribution in [0.3, 0.4) is 0 Å². The van der Waals surface area contributed by atoms with E-state index in [1.807, 2.05) is 19.9 Å². The quantitative estimate of drug-likeness (QED) is 0.735. The van der Waals surface area contributed by atoms with Gasteiger partial charge in [0.15, 0.2) is 11.6 Å². The Morgan fingerprint density at radius 3 is 2.67 bits per heavy atom. The number of rotatable bonds is 7. The second kappa shape index (κ2) is 6.71. The van der Waals surface area contributed by atoms with Crippen molar-refractivity contribution < 1.29 is 9.13 Å². The van der Waals surface area contributed by atoms with E-state index in [2.05, 4.69) is 5.32 Å². The highest BCUT2D eigenvalue weighted by Gasteiger charge is 2.09. The van der Waals surface area contributed by atoms with E-state index in [4.69, 9.17) is 10.5 Å². The normalized spacial score (nSPS) is 11.6. The number of nitrogens with one attached hydrogen (secondary N) is 1. The number of nitrogens with two attached hydrogens (primary N) is 1. The first-order valence-electron chi connectivity index (χ1n) is 6.24. The molecule has 18 heavy (non-hydrogen) atoms. The standard InChI is InChI=1S/C14H23FN2O/c1-14(2,16)7-4-8-17-10-11-5-6-13(18-3)12(15)9-11/h5-6,9,17H,4,7-8,10,16H2,1-3H3. The van der Waals surface area contributed by atoms with Crippen molar-refractivity contribution in [3.05, 3.63) is 29.6 Å². The highest BCUT2D eigenvalue weighted by atomic mass is 19.1. The van der Waals surface area contributed by atoms with Crippen molar-refractivity contribution in [3.63, 3.8) is 0 Å². The minimum Gasteiger partial charge on any atom is -0.494 e. The Hall–Kier alpha value is -1.13. The summed E-state index contributed by atoms with van der Waals surface area (Å²) in [6, 6.07) is 5.01. The van der Waals surface area contributed by atoms with E-state index in [1.54, 1.807) is 6.07 Å². The first kappa shape index (κ1) is 14.9. The van der Waals surface area contributed by atoms with Crippen LogP contribution in [0.4, 0.5) is 4.39 Å². The largest absolute Gasteiger partial charge is 0.494 e. The lowest BCUT2D eigenvalue weighted by Gasteiger charge is -2.18. The lowest BCUT2D eigenvalue weighted by molar-refractivity contribution is 0.386. The van der Waals surface area contributed by atoms with Gasteiger partial charge in [-0.15, -0.1) is 0 Å². The summed E-state index contributed by atoms with van der Waals surface area (Å²) in [5, 5.41) is 3.28. The van der Waals surface area contributed by atoms with E-state index in [9.17, 15) is 4.39 Å². The second-order valence-corrected chi connectivity index (χ2v) is 5.24. The Balaban J connectivity index is 2.29. The summed E-state index contributed by atoms with van der Waals surface area (Å²) in [7, 11) is 1.46. The van der Waals surface area contributed by atoms with Gasteiger partial charge in [0, 0.05) is 12.1 Å². The number of methoxy groups -OCH3 is 1. The van der Waals surface area contributed by atoms with Crippen LogP contribution in [0.25, 0.3) is 0 Å². The fraction of sp³-hybridized carbons (Fsp3) is 0.571. The summed E-state index contributed by atoms with van der Waals surface area (Å²) in [4.78, 5) is 0. The van der Waals surface area contributed by atoms with Crippen molar-refractivity contribution in [2.24, 2.45) is 5.73 Å². The molecule has 0 bridgehead atoms.